The molecular formula is C60H54N2. The summed E-state index contributed by atoms with van der Waals surface area (Å²) in [6.45, 7) is 9.06. The standard InChI is InChI=1S/C34H29N.C26H25N/c1-34(2)31-17-11-10-16-28(31)29-20-18-26(23-32(29)34)25-19-21-33(35(3)27-14-8-5-9-15-27)30(22-25)24-12-6-4-7-13-24;1-20-8-10-22(11-9-20)24-16-18-26(2,19-17-24)27-25-14-12-23(13-15-25)21-6-4-3-5-7-21/h4-23H,1-3H3;3-18,27H,19H2,1-2H3. The number of rotatable bonds is 8. The lowest BCUT2D eigenvalue weighted by atomic mass is 9.81. The lowest BCUT2D eigenvalue weighted by Crippen LogP contribution is -2.32. The van der Waals surface area contributed by atoms with E-state index in [0.717, 1.165) is 12.1 Å². The van der Waals surface area contributed by atoms with Crippen LogP contribution in [0.5, 0.6) is 0 Å². The molecule has 0 amide bonds. The first kappa shape index (κ1) is 40.3. The number of benzene rings is 8. The number of fused-ring (bicyclic) bond motifs is 3. The highest BCUT2D eigenvalue weighted by Crippen LogP contribution is 2.50. The van der Waals surface area contributed by atoms with E-state index >= 15 is 0 Å². The number of aryl methyl sites for hydroxylation is 1. The zero-order chi connectivity index (χ0) is 42.7. The molecule has 10 rings (SSSR count). The maximum absolute atomic E-state index is 3.69. The van der Waals surface area contributed by atoms with Gasteiger partial charge >= 0.3 is 0 Å². The van der Waals surface area contributed by atoms with Crippen LogP contribution in [0.1, 0.15) is 49.4 Å². The first-order valence-corrected chi connectivity index (χ1v) is 21.8. The Balaban J connectivity index is 0.000000164. The van der Waals surface area contributed by atoms with E-state index in [1.54, 1.807) is 0 Å². The van der Waals surface area contributed by atoms with E-state index in [1.807, 2.05) is 6.07 Å². The molecule has 2 heteroatoms. The number of nitrogens with zero attached hydrogens (tertiary/aromatic N) is 1. The largest absolute Gasteiger partial charge is 0.376 e. The van der Waals surface area contributed by atoms with Crippen LogP contribution in [0.3, 0.4) is 0 Å². The van der Waals surface area contributed by atoms with E-state index in [4.69, 9.17) is 0 Å². The van der Waals surface area contributed by atoms with Gasteiger partial charge in [0, 0.05) is 35.1 Å². The van der Waals surface area contributed by atoms with Crippen molar-refractivity contribution in [3.63, 3.8) is 0 Å². The van der Waals surface area contributed by atoms with Crippen molar-refractivity contribution in [3.8, 4) is 44.5 Å². The number of para-hydroxylation sites is 1. The molecule has 0 saturated heterocycles. The summed E-state index contributed by atoms with van der Waals surface area (Å²) in [4.78, 5) is 2.27. The van der Waals surface area contributed by atoms with Gasteiger partial charge in [0.05, 0.1) is 5.54 Å². The SMILES string of the molecule is CN(c1ccccc1)c1ccc(-c2ccc3c(c2)C(C)(C)c2ccccc2-3)cc1-c1ccccc1.Cc1ccc(C2=CCC(C)(Nc3ccc(-c4ccccc4)cc3)C=C2)cc1. The Morgan fingerprint density at radius 1 is 0.468 bits per heavy atom. The molecule has 8 aromatic carbocycles. The summed E-state index contributed by atoms with van der Waals surface area (Å²) in [5.41, 5.74) is 20.3. The minimum absolute atomic E-state index is 0.00232. The van der Waals surface area contributed by atoms with Crippen LogP contribution < -0.4 is 10.2 Å². The van der Waals surface area contributed by atoms with Gasteiger partial charge in [0.2, 0.25) is 0 Å². The predicted molar refractivity (Wildman–Crippen MR) is 266 cm³/mol. The van der Waals surface area contributed by atoms with Crippen molar-refractivity contribution in [2.45, 2.75) is 45.1 Å². The highest BCUT2D eigenvalue weighted by atomic mass is 15.1. The van der Waals surface area contributed by atoms with Crippen molar-refractivity contribution in [3.05, 3.63) is 241 Å². The Bertz CT molecular complexity index is 2870. The number of allylic oxidation sites excluding steroid dienone is 2. The summed E-state index contributed by atoms with van der Waals surface area (Å²) in [5, 5.41) is 3.69. The summed E-state index contributed by atoms with van der Waals surface area (Å²) in [7, 11) is 2.14. The minimum Gasteiger partial charge on any atom is -0.376 e. The van der Waals surface area contributed by atoms with Crippen LogP contribution >= 0.6 is 0 Å². The van der Waals surface area contributed by atoms with Gasteiger partial charge in [0.1, 0.15) is 0 Å². The summed E-state index contributed by atoms with van der Waals surface area (Å²) < 4.78 is 0. The molecular weight excluding hydrogens is 749 g/mol. The first-order valence-electron chi connectivity index (χ1n) is 21.8. The molecule has 304 valence electrons. The molecule has 1 atom stereocenters. The quantitative estimate of drug-likeness (QED) is 0.165. The van der Waals surface area contributed by atoms with Gasteiger partial charge < -0.3 is 10.2 Å². The van der Waals surface area contributed by atoms with Gasteiger partial charge in [0.25, 0.3) is 0 Å². The molecule has 0 radical (unpaired) electrons. The van der Waals surface area contributed by atoms with Crippen molar-refractivity contribution >= 4 is 22.6 Å². The van der Waals surface area contributed by atoms with Crippen molar-refractivity contribution in [1.82, 2.24) is 0 Å². The first-order chi connectivity index (χ1) is 30.1. The molecule has 0 heterocycles. The molecule has 8 aromatic rings. The number of hydrogen-bond donors (Lipinski definition) is 1. The van der Waals surface area contributed by atoms with E-state index in [-0.39, 0.29) is 11.0 Å². The monoisotopic (exact) mass is 802 g/mol. The topological polar surface area (TPSA) is 15.3 Å². The molecule has 2 nitrogen and oxygen atoms in total. The maximum Gasteiger partial charge on any atom is 0.0566 e. The lowest BCUT2D eigenvalue weighted by Gasteiger charge is -2.30. The fourth-order valence-electron chi connectivity index (χ4n) is 9.02. The second-order valence-corrected chi connectivity index (χ2v) is 17.5. The van der Waals surface area contributed by atoms with Crippen molar-refractivity contribution < 1.29 is 0 Å². The molecule has 1 N–H and O–H groups in total. The molecule has 1 unspecified atom stereocenters. The summed E-state index contributed by atoms with van der Waals surface area (Å²) in [5.74, 6) is 0. The van der Waals surface area contributed by atoms with Gasteiger partial charge in [-0.1, -0.05) is 195 Å². The van der Waals surface area contributed by atoms with Crippen LogP contribution in [0.4, 0.5) is 17.1 Å². The average Bonchev–Trinajstić information content (AvgIpc) is 3.55. The zero-order valence-corrected chi connectivity index (χ0v) is 36.4. The Kier molecular flexibility index (Phi) is 11.1. The maximum atomic E-state index is 3.69. The van der Waals surface area contributed by atoms with E-state index in [9.17, 15) is 0 Å². The normalized spacial score (nSPS) is 15.7. The smallest absolute Gasteiger partial charge is 0.0566 e. The Morgan fingerprint density at radius 2 is 1.02 bits per heavy atom. The highest BCUT2D eigenvalue weighted by Gasteiger charge is 2.35. The highest BCUT2D eigenvalue weighted by molar-refractivity contribution is 5.88. The molecule has 0 aromatic heterocycles. The van der Waals surface area contributed by atoms with Gasteiger partial charge in [-0.3, -0.25) is 0 Å². The van der Waals surface area contributed by atoms with Gasteiger partial charge in [-0.05, 0) is 124 Å². The Labute approximate surface area is 368 Å². The third kappa shape index (κ3) is 8.29. The summed E-state index contributed by atoms with van der Waals surface area (Å²) in [6.07, 6.45) is 7.82. The molecule has 62 heavy (non-hydrogen) atoms. The third-order valence-corrected chi connectivity index (χ3v) is 12.7. The average molecular weight is 803 g/mol. The van der Waals surface area contributed by atoms with Gasteiger partial charge in [-0.25, -0.2) is 0 Å². The van der Waals surface area contributed by atoms with Gasteiger partial charge in [-0.15, -0.1) is 0 Å². The molecule has 0 aliphatic heterocycles. The fraction of sp³-hybridized carbons (Fsp3) is 0.133. The molecule has 0 bridgehead atoms. The van der Waals surface area contributed by atoms with Gasteiger partial charge in [0.15, 0.2) is 0 Å². The summed E-state index contributed by atoms with van der Waals surface area (Å²) in [6, 6.07) is 71.9. The van der Waals surface area contributed by atoms with Crippen LogP contribution in [0.25, 0.3) is 50.1 Å². The van der Waals surface area contributed by atoms with E-state index < -0.39 is 0 Å². The molecule has 2 aliphatic carbocycles. The van der Waals surface area contributed by atoms with Crippen LogP contribution in [0, 0.1) is 6.92 Å². The molecule has 2 aliphatic rings. The number of hydrogen-bond acceptors (Lipinski definition) is 2. The van der Waals surface area contributed by atoms with Crippen LogP contribution in [0.2, 0.25) is 0 Å². The van der Waals surface area contributed by atoms with Crippen LogP contribution in [0.15, 0.2) is 218 Å². The lowest BCUT2D eigenvalue weighted by molar-refractivity contribution is 0.642. The van der Waals surface area contributed by atoms with Crippen molar-refractivity contribution in [1.29, 1.82) is 0 Å². The summed E-state index contributed by atoms with van der Waals surface area (Å²) >= 11 is 0. The van der Waals surface area contributed by atoms with Crippen molar-refractivity contribution in [2.75, 3.05) is 17.3 Å². The number of nitrogens with one attached hydrogen (secondary N) is 1. The minimum atomic E-state index is -0.0670. The van der Waals surface area contributed by atoms with E-state index in [0.29, 0.717) is 0 Å². The molecule has 0 saturated carbocycles. The Hall–Kier alpha value is -7.16. The molecule has 0 fully saturated rings. The van der Waals surface area contributed by atoms with Crippen molar-refractivity contribution in [2.24, 2.45) is 0 Å². The van der Waals surface area contributed by atoms with E-state index in [1.165, 1.54) is 83.7 Å². The van der Waals surface area contributed by atoms with Crippen LogP contribution in [-0.4, -0.2) is 12.6 Å². The fourth-order valence-corrected chi connectivity index (χ4v) is 9.02. The van der Waals surface area contributed by atoms with E-state index in [2.05, 4.69) is 257 Å². The second kappa shape index (κ2) is 17.1. The number of anilines is 3. The second-order valence-electron chi connectivity index (χ2n) is 17.5. The van der Waals surface area contributed by atoms with Crippen LogP contribution in [-0.2, 0) is 5.41 Å². The third-order valence-electron chi connectivity index (χ3n) is 12.7. The molecule has 0 spiro atoms. The zero-order valence-electron chi connectivity index (χ0n) is 36.4. The Morgan fingerprint density at radius 3 is 1.69 bits per heavy atom. The van der Waals surface area contributed by atoms with Gasteiger partial charge in [-0.2, -0.15) is 0 Å². The predicted octanol–water partition coefficient (Wildman–Crippen LogP) is 16.0.